The Labute approximate surface area is 48.2 Å². The average Bonchev–Trinajstić information content (AvgIpc) is 1.72. The molecule has 0 saturated carbocycles. The zero-order valence-corrected chi connectivity index (χ0v) is 6.69. The Kier molecular flexibility index (Phi) is 4.45. The maximum atomic E-state index is 5.53. The van der Waals surface area contributed by atoms with Crippen LogP contribution in [0.1, 0.15) is 26.7 Å². The van der Waals surface area contributed by atoms with Gasteiger partial charge in [-0.05, 0) is 5.54 Å². The van der Waals surface area contributed by atoms with Crippen molar-refractivity contribution in [3.63, 3.8) is 0 Å². The maximum absolute atomic E-state index is 5.53. The van der Waals surface area contributed by atoms with Gasteiger partial charge in [0.05, 0.1) is 9.68 Å². The minimum atomic E-state index is -0.172. The van der Waals surface area contributed by atoms with Crippen LogP contribution in [0.2, 0.25) is 5.54 Å². The van der Waals surface area contributed by atoms with Crippen LogP contribution < -0.4 is 5.40 Å². The molecule has 0 spiro atoms. The molecule has 0 aliphatic rings. The first-order valence-corrected chi connectivity index (χ1v) is 4.68. The van der Waals surface area contributed by atoms with E-state index in [-0.39, 0.29) is 9.68 Å². The van der Waals surface area contributed by atoms with E-state index in [9.17, 15) is 0 Å². The van der Waals surface area contributed by atoms with Crippen molar-refractivity contribution in [2.24, 2.45) is 5.40 Å². The summed E-state index contributed by atoms with van der Waals surface area (Å²) in [6, 6.07) is 0. The van der Waals surface area contributed by atoms with E-state index in [1.807, 2.05) is 0 Å². The van der Waals surface area contributed by atoms with Crippen molar-refractivity contribution in [3.05, 3.63) is 0 Å². The Morgan fingerprint density at radius 3 is 1.86 bits per heavy atom. The molecule has 2 heteroatoms. The maximum Gasteiger partial charge on any atom is 0.0919 e. The smallest absolute Gasteiger partial charge is 0.0919 e. The van der Waals surface area contributed by atoms with Crippen molar-refractivity contribution in [2.45, 2.75) is 32.2 Å². The molecule has 0 radical (unpaired) electrons. The van der Waals surface area contributed by atoms with Crippen LogP contribution in [-0.4, -0.2) is 9.68 Å². The van der Waals surface area contributed by atoms with Gasteiger partial charge in [-0.2, -0.15) is 0 Å². The largest absolute Gasteiger partial charge is 0.355 e. The van der Waals surface area contributed by atoms with Gasteiger partial charge in [-0.25, -0.2) is 0 Å². The highest BCUT2D eigenvalue weighted by Gasteiger charge is 1.97. The Morgan fingerprint density at radius 2 is 1.86 bits per heavy atom. The standard InChI is InChI=1S/C5H15NSi/c1-3-5(4-2)7-6/h5H,3-4,6-7H2,1-2H3. The zero-order chi connectivity index (χ0) is 5.70. The summed E-state index contributed by atoms with van der Waals surface area (Å²) in [5, 5.41) is 5.53. The summed E-state index contributed by atoms with van der Waals surface area (Å²) in [6.07, 6.45) is 2.58. The zero-order valence-electron chi connectivity index (χ0n) is 5.28. The van der Waals surface area contributed by atoms with Crippen LogP contribution in [0.15, 0.2) is 0 Å². The summed E-state index contributed by atoms with van der Waals surface area (Å²) in [6.45, 7) is 4.43. The molecule has 0 fully saturated rings. The summed E-state index contributed by atoms with van der Waals surface area (Å²) in [7, 11) is -0.172. The van der Waals surface area contributed by atoms with Crippen molar-refractivity contribution in [1.82, 2.24) is 0 Å². The van der Waals surface area contributed by atoms with Crippen molar-refractivity contribution in [1.29, 1.82) is 0 Å². The van der Waals surface area contributed by atoms with E-state index in [1.165, 1.54) is 12.8 Å². The van der Waals surface area contributed by atoms with E-state index >= 15 is 0 Å². The summed E-state index contributed by atoms with van der Waals surface area (Å²) >= 11 is 0. The molecular formula is C5H15NSi. The van der Waals surface area contributed by atoms with Crippen molar-refractivity contribution < 1.29 is 0 Å². The molecule has 0 heterocycles. The molecule has 0 aromatic heterocycles. The van der Waals surface area contributed by atoms with Crippen LogP contribution in [0.3, 0.4) is 0 Å². The Bertz CT molecular complexity index is 29.6. The number of nitrogens with two attached hydrogens (primary N) is 1. The van der Waals surface area contributed by atoms with Gasteiger partial charge < -0.3 is 5.40 Å². The monoisotopic (exact) mass is 117 g/mol. The molecule has 0 aromatic rings. The second-order valence-corrected chi connectivity index (χ2v) is 3.54. The van der Waals surface area contributed by atoms with Gasteiger partial charge >= 0.3 is 0 Å². The van der Waals surface area contributed by atoms with Crippen LogP contribution in [0, 0.1) is 0 Å². The van der Waals surface area contributed by atoms with Gasteiger partial charge in [0.15, 0.2) is 0 Å². The molecule has 44 valence electrons. The lowest BCUT2D eigenvalue weighted by atomic mass is 10.3. The third kappa shape index (κ3) is 2.82. The van der Waals surface area contributed by atoms with E-state index < -0.39 is 0 Å². The normalized spacial score (nSPS) is 12.0. The predicted molar refractivity (Wildman–Crippen MR) is 37.1 cm³/mol. The van der Waals surface area contributed by atoms with Crippen LogP contribution in [0.5, 0.6) is 0 Å². The van der Waals surface area contributed by atoms with Crippen LogP contribution in [-0.2, 0) is 0 Å². The minimum absolute atomic E-state index is 0.172. The van der Waals surface area contributed by atoms with Gasteiger partial charge in [0.2, 0.25) is 0 Å². The molecule has 0 atom stereocenters. The third-order valence-corrected chi connectivity index (χ3v) is 3.31. The SMILES string of the molecule is CCC(CC)[SiH2]N. The van der Waals surface area contributed by atoms with E-state index in [0.717, 1.165) is 5.54 Å². The van der Waals surface area contributed by atoms with Crippen LogP contribution in [0.4, 0.5) is 0 Å². The lowest BCUT2D eigenvalue weighted by molar-refractivity contribution is 0.758. The lowest BCUT2D eigenvalue weighted by Crippen LogP contribution is -2.11. The third-order valence-electron chi connectivity index (χ3n) is 1.49. The summed E-state index contributed by atoms with van der Waals surface area (Å²) in [4.78, 5) is 0. The minimum Gasteiger partial charge on any atom is -0.355 e. The number of hydrogen-bond acceptors (Lipinski definition) is 1. The molecule has 0 amide bonds. The molecular weight excluding hydrogens is 102 g/mol. The molecule has 0 aromatic carbocycles. The first-order chi connectivity index (χ1) is 3.35. The molecule has 0 rings (SSSR count). The fraction of sp³-hybridized carbons (Fsp3) is 1.00. The quantitative estimate of drug-likeness (QED) is 0.539. The molecule has 2 N–H and O–H groups in total. The summed E-state index contributed by atoms with van der Waals surface area (Å²) in [5.41, 5.74) is 0.903. The van der Waals surface area contributed by atoms with Gasteiger partial charge in [-0.3, -0.25) is 0 Å². The van der Waals surface area contributed by atoms with Crippen LogP contribution in [0.25, 0.3) is 0 Å². The molecule has 0 aliphatic carbocycles. The van der Waals surface area contributed by atoms with Gasteiger partial charge in [0, 0.05) is 0 Å². The van der Waals surface area contributed by atoms with E-state index in [2.05, 4.69) is 13.8 Å². The fourth-order valence-electron chi connectivity index (χ4n) is 0.622. The summed E-state index contributed by atoms with van der Waals surface area (Å²) < 4.78 is 0. The Balaban J connectivity index is 2.99. The molecule has 0 aliphatic heterocycles. The number of hydrogen-bond donors (Lipinski definition) is 1. The topological polar surface area (TPSA) is 26.0 Å². The molecule has 0 unspecified atom stereocenters. The molecule has 7 heavy (non-hydrogen) atoms. The first-order valence-electron chi connectivity index (χ1n) is 3.05. The van der Waals surface area contributed by atoms with E-state index in [4.69, 9.17) is 5.40 Å². The van der Waals surface area contributed by atoms with Gasteiger partial charge in [0.25, 0.3) is 0 Å². The lowest BCUT2D eigenvalue weighted by Gasteiger charge is -2.04. The van der Waals surface area contributed by atoms with Gasteiger partial charge in [-0.15, -0.1) is 0 Å². The van der Waals surface area contributed by atoms with Crippen molar-refractivity contribution in [2.75, 3.05) is 0 Å². The van der Waals surface area contributed by atoms with Crippen molar-refractivity contribution in [3.8, 4) is 0 Å². The molecule has 0 bridgehead atoms. The van der Waals surface area contributed by atoms with Crippen molar-refractivity contribution >= 4 is 9.68 Å². The van der Waals surface area contributed by atoms with Gasteiger partial charge in [-0.1, -0.05) is 26.7 Å². The Morgan fingerprint density at radius 1 is 1.43 bits per heavy atom. The van der Waals surface area contributed by atoms with E-state index in [0.29, 0.717) is 0 Å². The highest BCUT2D eigenvalue weighted by Crippen LogP contribution is 2.09. The fourth-order valence-corrected chi connectivity index (χ4v) is 1.29. The highest BCUT2D eigenvalue weighted by molar-refractivity contribution is 6.33. The highest BCUT2D eigenvalue weighted by atomic mass is 28.2. The summed E-state index contributed by atoms with van der Waals surface area (Å²) in [5.74, 6) is 0. The Hall–Kier alpha value is 0.177. The second-order valence-electron chi connectivity index (χ2n) is 1.92. The predicted octanol–water partition coefficient (Wildman–Crippen LogP) is 0.637. The van der Waals surface area contributed by atoms with Gasteiger partial charge in [0.1, 0.15) is 0 Å². The average molecular weight is 117 g/mol. The van der Waals surface area contributed by atoms with E-state index in [1.54, 1.807) is 0 Å². The molecule has 1 nitrogen and oxygen atoms in total. The molecule has 0 saturated heterocycles. The first kappa shape index (κ1) is 7.18. The van der Waals surface area contributed by atoms with Crippen LogP contribution >= 0.6 is 0 Å². The number of rotatable bonds is 3. The second kappa shape index (κ2) is 4.34.